The highest BCUT2D eigenvalue weighted by molar-refractivity contribution is 5.78. The fourth-order valence-electron chi connectivity index (χ4n) is 1.07. The summed E-state index contributed by atoms with van der Waals surface area (Å²) in [6.45, 7) is 4.05. The smallest absolute Gasteiger partial charge is 0.168 e. The van der Waals surface area contributed by atoms with Crippen LogP contribution in [0.25, 0.3) is 6.08 Å². The molecule has 0 bridgehead atoms. The van der Waals surface area contributed by atoms with E-state index in [1.54, 1.807) is 19.3 Å². The molecule has 0 aliphatic heterocycles. The Morgan fingerprint density at radius 2 is 2.21 bits per heavy atom. The predicted molar refractivity (Wildman–Crippen MR) is 56.2 cm³/mol. The maximum atomic E-state index is 10.7. The number of aldehydes is 1. The van der Waals surface area contributed by atoms with E-state index in [1.807, 2.05) is 13.8 Å². The van der Waals surface area contributed by atoms with Gasteiger partial charge in [-0.05, 0) is 12.3 Å². The summed E-state index contributed by atoms with van der Waals surface area (Å²) in [5, 5.41) is 2.86. The van der Waals surface area contributed by atoms with Gasteiger partial charge in [0.25, 0.3) is 0 Å². The van der Waals surface area contributed by atoms with Gasteiger partial charge in [0.05, 0.1) is 5.69 Å². The number of nitrogens with zero attached hydrogens (tertiary/aromatic N) is 1. The number of carbonyl (C=O) groups excluding carboxylic acids is 1. The number of rotatable bonds is 4. The summed E-state index contributed by atoms with van der Waals surface area (Å²) in [5.41, 5.74) is 1.21. The number of nitrogens with one attached hydrogen (secondary N) is 2. The third kappa shape index (κ3) is 2.22. The van der Waals surface area contributed by atoms with E-state index in [9.17, 15) is 4.79 Å². The van der Waals surface area contributed by atoms with E-state index < -0.39 is 0 Å². The number of carbonyl (C=O) groups is 1. The molecule has 0 saturated heterocycles. The lowest BCUT2D eigenvalue weighted by Gasteiger charge is -1.95. The zero-order valence-electron chi connectivity index (χ0n) is 8.66. The number of aromatic amines is 1. The SMILES string of the molecule is CN/C=C\c1nc(C(C)C)[nH]c1C=O. The first-order valence-electron chi connectivity index (χ1n) is 4.58. The number of imidazole rings is 1. The minimum atomic E-state index is 0.297. The van der Waals surface area contributed by atoms with Crippen LogP contribution in [0.4, 0.5) is 0 Å². The van der Waals surface area contributed by atoms with Crippen molar-refractivity contribution in [3.63, 3.8) is 0 Å². The van der Waals surface area contributed by atoms with Crippen molar-refractivity contribution < 1.29 is 4.79 Å². The topological polar surface area (TPSA) is 57.8 Å². The van der Waals surface area contributed by atoms with E-state index in [2.05, 4.69) is 15.3 Å². The van der Waals surface area contributed by atoms with Crippen LogP contribution in [-0.4, -0.2) is 23.3 Å². The normalized spacial score (nSPS) is 11.1. The number of hydrogen-bond donors (Lipinski definition) is 2. The maximum absolute atomic E-state index is 10.7. The molecular formula is C10H15N3O. The van der Waals surface area contributed by atoms with E-state index >= 15 is 0 Å². The van der Waals surface area contributed by atoms with Crippen LogP contribution in [0.3, 0.4) is 0 Å². The molecule has 1 aromatic heterocycles. The monoisotopic (exact) mass is 193 g/mol. The third-order valence-electron chi connectivity index (χ3n) is 1.85. The average Bonchev–Trinajstić information content (AvgIpc) is 2.57. The first-order chi connectivity index (χ1) is 6.69. The Kier molecular flexibility index (Phi) is 3.45. The molecule has 0 aliphatic carbocycles. The van der Waals surface area contributed by atoms with Crippen LogP contribution in [-0.2, 0) is 0 Å². The molecule has 0 atom stereocenters. The zero-order chi connectivity index (χ0) is 10.6. The van der Waals surface area contributed by atoms with Crippen LogP contribution in [0.15, 0.2) is 6.20 Å². The molecule has 14 heavy (non-hydrogen) atoms. The molecule has 1 aromatic rings. The summed E-state index contributed by atoms with van der Waals surface area (Å²) >= 11 is 0. The van der Waals surface area contributed by atoms with Crippen LogP contribution in [0, 0.1) is 0 Å². The summed E-state index contributed by atoms with van der Waals surface area (Å²) in [6, 6.07) is 0. The zero-order valence-corrected chi connectivity index (χ0v) is 8.66. The van der Waals surface area contributed by atoms with Gasteiger partial charge in [0.1, 0.15) is 11.5 Å². The summed E-state index contributed by atoms with van der Waals surface area (Å²) in [6.07, 6.45) is 4.30. The first-order valence-corrected chi connectivity index (χ1v) is 4.58. The Hall–Kier alpha value is -1.58. The van der Waals surface area contributed by atoms with Gasteiger partial charge in [-0.3, -0.25) is 4.79 Å². The summed E-state index contributed by atoms with van der Waals surface area (Å²) in [7, 11) is 1.80. The highest BCUT2D eigenvalue weighted by Crippen LogP contribution is 2.13. The highest BCUT2D eigenvalue weighted by atomic mass is 16.1. The van der Waals surface area contributed by atoms with Crippen molar-refractivity contribution in [2.24, 2.45) is 0 Å². The standard InChI is InChI=1S/C10H15N3O/c1-7(2)10-12-8(4-5-11-3)9(6-14)13-10/h4-7,11H,1-3H3,(H,12,13)/b5-4-. The lowest BCUT2D eigenvalue weighted by atomic mass is 10.2. The molecule has 0 radical (unpaired) electrons. The molecular weight excluding hydrogens is 178 g/mol. The number of hydrogen-bond acceptors (Lipinski definition) is 3. The van der Waals surface area contributed by atoms with E-state index in [0.717, 1.165) is 12.1 Å². The molecule has 0 unspecified atom stereocenters. The fraction of sp³-hybridized carbons (Fsp3) is 0.400. The lowest BCUT2D eigenvalue weighted by molar-refractivity contribution is 0.111. The molecule has 1 heterocycles. The molecule has 1 rings (SSSR count). The van der Waals surface area contributed by atoms with Gasteiger partial charge in [0.2, 0.25) is 0 Å². The van der Waals surface area contributed by atoms with Gasteiger partial charge >= 0.3 is 0 Å². The maximum Gasteiger partial charge on any atom is 0.168 e. The molecule has 76 valence electrons. The van der Waals surface area contributed by atoms with Gasteiger partial charge in [0.15, 0.2) is 6.29 Å². The second-order valence-corrected chi connectivity index (χ2v) is 3.32. The second kappa shape index (κ2) is 4.60. The average molecular weight is 193 g/mol. The van der Waals surface area contributed by atoms with Crippen molar-refractivity contribution >= 4 is 12.4 Å². The Morgan fingerprint density at radius 1 is 1.50 bits per heavy atom. The van der Waals surface area contributed by atoms with Gasteiger partial charge in [0, 0.05) is 13.0 Å². The van der Waals surface area contributed by atoms with Gasteiger partial charge in [-0.1, -0.05) is 13.8 Å². The van der Waals surface area contributed by atoms with E-state index in [1.165, 1.54) is 0 Å². The minimum Gasteiger partial charge on any atom is -0.394 e. The highest BCUT2D eigenvalue weighted by Gasteiger charge is 2.09. The molecule has 0 spiro atoms. The van der Waals surface area contributed by atoms with Crippen molar-refractivity contribution in [1.82, 2.24) is 15.3 Å². The van der Waals surface area contributed by atoms with Crippen molar-refractivity contribution in [2.45, 2.75) is 19.8 Å². The van der Waals surface area contributed by atoms with E-state index in [-0.39, 0.29) is 0 Å². The van der Waals surface area contributed by atoms with E-state index in [0.29, 0.717) is 17.3 Å². The summed E-state index contributed by atoms with van der Waals surface area (Å²) in [5.74, 6) is 1.13. The van der Waals surface area contributed by atoms with Gasteiger partial charge < -0.3 is 10.3 Å². The first kappa shape index (κ1) is 10.5. The van der Waals surface area contributed by atoms with Crippen LogP contribution in [0.1, 0.15) is 41.8 Å². The molecule has 0 amide bonds. The van der Waals surface area contributed by atoms with Crippen molar-refractivity contribution in [2.75, 3.05) is 7.05 Å². The minimum absolute atomic E-state index is 0.297. The van der Waals surface area contributed by atoms with Crippen molar-refractivity contribution in [3.05, 3.63) is 23.4 Å². The quantitative estimate of drug-likeness (QED) is 0.713. The van der Waals surface area contributed by atoms with Gasteiger partial charge in [-0.25, -0.2) is 4.98 Å². The molecule has 0 aliphatic rings. The van der Waals surface area contributed by atoms with E-state index in [4.69, 9.17) is 0 Å². The van der Waals surface area contributed by atoms with Crippen molar-refractivity contribution in [1.29, 1.82) is 0 Å². The van der Waals surface area contributed by atoms with Crippen LogP contribution in [0.5, 0.6) is 0 Å². The Balaban J connectivity index is 3.02. The Bertz CT molecular complexity index is 339. The van der Waals surface area contributed by atoms with Crippen LogP contribution in [0.2, 0.25) is 0 Å². The summed E-state index contributed by atoms with van der Waals surface area (Å²) in [4.78, 5) is 18.0. The van der Waals surface area contributed by atoms with Crippen LogP contribution < -0.4 is 5.32 Å². The second-order valence-electron chi connectivity index (χ2n) is 3.32. The van der Waals surface area contributed by atoms with Crippen molar-refractivity contribution in [3.8, 4) is 0 Å². The number of H-pyrrole nitrogens is 1. The van der Waals surface area contributed by atoms with Crippen LogP contribution >= 0.6 is 0 Å². The van der Waals surface area contributed by atoms with Gasteiger partial charge in [-0.2, -0.15) is 0 Å². The molecule has 4 nitrogen and oxygen atoms in total. The largest absolute Gasteiger partial charge is 0.394 e. The predicted octanol–water partition coefficient (Wildman–Crippen LogP) is 1.54. The number of aromatic nitrogens is 2. The van der Waals surface area contributed by atoms with Gasteiger partial charge in [-0.15, -0.1) is 0 Å². The Morgan fingerprint density at radius 3 is 2.71 bits per heavy atom. The molecule has 0 aromatic carbocycles. The summed E-state index contributed by atoms with van der Waals surface area (Å²) < 4.78 is 0. The lowest BCUT2D eigenvalue weighted by Crippen LogP contribution is -1.92. The Labute approximate surface area is 83.4 Å². The third-order valence-corrected chi connectivity index (χ3v) is 1.85. The molecule has 0 saturated carbocycles. The molecule has 4 heteroatoms. The molecule has 0 fully saturated rings. The fourth-order valence-corrected chi connectivity index (χ4v) is 1.07. The molecule has 2 N–H and O–H groups in total.